The van der Waals surface area contributed by atoms with Crippen LogP contribution in [0.2, 0.25) is 0 Å². The molecule has 0 aliphatic carbocycles. The Hall–Kier alpha value is -4.18. The summed E-state index contributed by atoms with van der Waals surface area (Å²) in [5.74, 6) is -1.13. The number of para-hydroxylation sites is 1. The molecule has 3 aromatic rings. The molecule has 0 unspecified atom stereocenters. The predicted octanol–water partition coefficient (Wildman–Crippen LogP) is 3.27. The second-order valence-corrected chi connectivity index (χ2v) is 9.76. The molecule has 0 saturated carbocycles. The molecule has 0 aromatic heterocycles. The van der Waals surface area contributed by atoms with Crippen molar-refractivity contribution in [3.8, 4) is 5.75 Å². The van der Waals surface area contributed by atoms with Gasteiger partial charge in [0.1, 0.15) is 5.75 Å². The molecule has 10 heteroatoms. The first-order chi connectivity index (χ1) is 16.7. The molecule has 35 heavy (non-hydrogen) atoms. The molecule has 4 rings (SSSR count). The normalized spacial score (nSPS) is 13.6. The summed E-state index contributed by atoms with van der Waals surface area (Å²) in [7, 11) is -2.39. The number of sulfonamides is 1. The molecule has 0 spiro atoms. The third kappa shape index (κ3) is 5.02. The van der Waals surface area contributed by atoms with Crippen molar-refractivity contribution in [1.82, 2.24) is 0 Å². The van der Waals surface area contributed by atoms with Crippen LogP contribution in [0.3, 0.4) is 0 Å². The number of benzene rings is 3. The van der Waals surface area contributed by atoms with Crippen LogP contribution in [0.25, 0.3) is 0 Å². The zero-order chi connectivity index (χ0) is 25.2. The Morgan fingerprint density at radius 2 is 1.66 bits per heavy atom. The monoisotopic (exact) mass is 494 g/mol. The number of ether oxygens (including phenoxy) is 2. The largest absolute Gasteiger partial charge is 0.482 e. The maximum atomic E-state index is 12.9. The minimum Gasteiger partial charge on any atom is -0.482 e. The van der Waals surface area contributed by atoms with Crippen LogP contribution in [0, 0.1) is 0 Å². The Balaban J connectivity index is 1.44. The molecule has 3 aromatic carbocycles. The Morgan fingerprint density at radius 3 is 2.34 bits per heavy atom. The van der Waals surface area contributed by atoms with Gasteiger partial charge in [0.2, 0.25) is 5.78 Å². The number of carbonyl (C=O) groups is 3. The maximum Gasteiger partial charge on any atom is 0.338 e. The van der Waals surface area contributed by atoms with Gasteiger partial charge in [-0.15, -0.1) is 0 Å². The topological polar surface area (TPSA) is 119 Å². The number of anilines is 2. The molecule has 1 aliphatic heterocycles. The highest BCUT2D eigenvalue weighted by Crippen LogP contribution is 2.29. The van der Waals surface area contributed by atoms with Gasteiger partial charge in [0.05, 0.1) is 21.8 Å². The van der Waals surface area contributed by atoms with E-state index in [1.807, 2.05) is 0 Å². The number of Topliss-reactive ketones (excluding diaryl/α,β-unsaturated/α-hetero) is 1. The zero-order valence-corrected chi connectivity index (χ0v) is 19.7. The lowest BCUT2D eigenvalue weighted by Crippen LogP contribution is -2.27. The quantitative estimate of drug-likeness (QED) is 0.395. The van der Waals surface area contributed by atoms with Crippen LogP contribution in [0.5, 0.6) is 5.75 Å². The summed E-state index contributed by atoms with van der Waals surface area (Å²) in [4.78, 5) is 36.8. The van der Waals surface area contributed by atoms with Crippen molar-refractivity contribution in [1.29, 1.82) is 0 Å². The van der Waals surface area contributed by atoms with E-state index in [1.165, 1.54) is 50.4 Å². The molecule has 1 heterocycles. The van der Waals surface area contributed by atoms with Gasteiger partial charge in [-0.2, -0.15) is 0 Å². The molecule has 0 radical (unpaired) electrons. The van der Waals surface area contributed by atoms with Gasteiger partial charge >= 0.3 is 5.97 Å². The van der Waals surface area contributed by atoms with Gasteiger partial charge in [-0.3, -0.25) is 13.9 Å². The first-order valence-corrected chi connectivity index (χ1v) is 12.1. The highest BCUT2D eigenvalue weighted by molar-refractivity contribution is 7.92. The Kier molecular flexibility index (Phi) is 6.57. The van der Waals surface area contributed by atoms with Crippen molar-refractivity contribution in [3.63, 3.8) is 0 Å². The minimum atomic E-state index is -3.83. The average Bonchev–Trinajstić information content (AvgIpc) is 2.87. The van der Waals surface area contributed by atoms with E-state index >= 15 is 0 Å². The second kappa shape index (κ2) is 9.59. The molecule has 1 atom stereocenters. The lowest BCUT2D eigenvalue weighted by atomic mass is 10.1. The lowest BCUT2D eigenvalue weighted by Gasteiger charge is -2.20. The van der Waals surface area contributed by atoms with Crippen molar-refractivity contribution in [3.05, 3.63) is 83.9 Å². The number of ketones is 1. The van der Waals surface area contributed by atoms with E-state index in [9.17, 15) is 22.8 Å². The number of nitrogens with zero attached hydrogens (tertiary/aromatic N) is 1. The number of nitrogens with one attached hydrogen (secondary N) is 1. The number of esters is 1. The number of fused-ring (bicyclic) bond motifs is 1. The molecule has 0 fully saturated rings. The maximum absolute atomic E-state index is 12.9. The molecule has 180 valence electrons. The van der Waals surface area contributed by atoms with Crippen LogP contribution in [-0.4, -0.2) is 45.8 Å². The highest BCUT2D eigenvalue weighted by Gasteiger charge is 2.25. The van der Waals surface area contributed by atoms with Crippen LogP contribution in [0.1, 0.15) is 27.6 Å². The van der Waals surface area contributed by atoms with Crippen molar-refractivity contribution in [2.75, 3.05) is 23.3 Å². The van der Waals surface area contributed by atoms with E-state index in [-0.39, 0.29) is 28.5 Å². The third-order valence-corrected chi connectivity index (χ3v) is 7.22. The number of carbonyl (C=O) groups excluding carboxylic acids is 3. The Bertz CT molecular complexity index is 1390. The van der Waals surface area contributed by atoms with Crippen LogP contribution >= 0.6 is 0 Å². The molecule has 1 aliphatic rings. The van der Waals surface area contributed by atoms with E-state index in [1.54, 1.807) is 36.4 Å². The van der Waals surface area contributed by atoms with E-state index in [4.69, 9.17) is 9.47 Å². The van der Waals surface area contributed by atoms with Crippen molar-refractivity contribution < 1.29 is 32.3 Å². The van der Waals surface area contributed by atoms with Crippen molar-refractivity contribution >= 4 is 39.1 Å². The summed E-state index contributed by atoms with van der Waals surface area (Å²) in [6, 6.07) is 18.4. The van der Waals surface area contributed by atoms with Crippen LogP contribution < -0.4 is 14.4 Å². The summed E-state index contributed by atoms with van der Waals surface area (Å²) in [6.07, 6.45) is -1.12. The number of amides is 1. The highest BCUT2D eigenvalue weighted by atomic mass is 32.2. The molecular formula is C25H22N2O7S. The van der Waals surface area contributed by atoms with Crippen molar-refractivity contribution in [2.24, 2.45) is 0 Å². The average molecular weight is 495 g/mol. The molecule has 1 amide bonds. The molecule has 0 saturated heterocycles. The predicted molar refractivity (Wildman–Crippen MR) is 128 cm³/mol. The van der Waals surface area contributed by atoms with Crippen LogP contribution in [0.15, 0.2) is 77.7 Å². The van der Waals surface area contributed by atoms with Crippen LogP contribution in [-0.2, 0) is 19.6 Å². The van der Waals surface area contributed by atoms with Gasteiger partial charge in [-0.1, -0.05) is 18.2 Å². The van der Waals surface area contributed by atoms with Gasteiger partial charge in [-0.05, 0) is 61.5 Å². The van der Waals surface area contributed by atoms with E-state index in [0.29, 0.717) is 17.1 Å². The van der Waals surface area contributed by atoms with Gasteiger partial charge in [0, 0.05) is 12.6 Å². The molecule has 0 bridgehead atoms. The Morgan fingerprint density at radius 1 is 1.00 bits per heavy atom. The van der Waals surface area contributed by atoms with E-state index in [0.717, 1.165) is 4.31 Å². The standard InChI is InChI=1S/C25H22N2O7S/c1-16(24(29)18-10-13-22-21(14-18)26-23(28)15-33-22)34-25(30)17-8-11-20(12-9-17)35(31,32)27(2)19-6-4-3-5-7-19/h3-14,16H,15H2,1-2H3,(H,26,28)/t16-/m0/s1. The third-order valence-electron chi connectivity index (χ3n) is 5.42. The van der Waals surface area contributed by atoms with Gasteiger partial charge < -0.3 is 14.8 Å². The number of hydrogen-bond acceptors (Lipinski definition) is 7. The fraction of sp³-hybridized carbons (Fsp3) is 0.160. The van der Waals surface area contributed by atoms with Gasteiger partial charge in [0.25, 0.3) is 15.9 Å². The number of rotatable bonds is 7. The lowest BCUT2D eigenvalue weighted by molar-refractivity contribution is -0.118. The summed E-state index contributed by atoms with van der Waals surface area (Å²) < 4.78 is 37.5. The summed E-state index contributed by atoms with van der Waals surface area (Å²) in [5.41, 5.74) is 1.19. The first kappa shape index (κ1) is 24.0. The summed E-state index contributed by atoms with van der Waals surface area (Å²) >= 11 is 0. The first-order valence-electron chi connectivity index (χ1n) is 10.6. The molecule has 1 N–H and O–H groups in total. The van der Waals surface area contributed by atoms with Gasteiger partial charge in [-0.25, -0.2) is 13.2 Å². The summed E-state index contributed by atoms with van der Waals surface area (Å²) in [5, 5.41) is 2.62. The smallest absolute Gasteiger partial charge is 0.338 e. The molecule has 9 nitrogen and oxygen atoms in total. The fourth-order valence-electron chi connectivity index (χ4n) is 3.45. The fourth-order valence-corrected chi connectivity index (χ4v) is 4.65. The second-order valence-electron chi connectivity index (χ2n) is 7.79. The minimum absolute atomic E-state index is 0.00264. The number of hydrogen-bond donors (Lipinski definition) is 1. The van der Waals surface area contributed by atoms with Gasteiger partial charge in [0.15, 0.2) is 12.7 Å². The van der Waals surface area contributed by atoms with E-state index < -0.39 is 27.9 Å². The SMILES string of the molecule is C[C@H](OC(=O)c1ccc(S(=O)(=O)N(C)c2ccccc2)cc1)C(=O)c1ccc2c(c1)NC(=O)CO2. The van der Waals surface area contributed by atoms with E-state index in [2.05, 4.69) is 5.32 Å². The summed E-state index contributed by atoms with van der Waals surface area (Å²) in [6.45, 7) is 1.33. The van der Waals surface area contributed by atoms with Crippen molar-refractivity contribution in [2.45, 2.75) is 17.9 Å². The molecular weight excluding hydrogens is 472 g/mol. The Labute approximate surface area is 202 Å². The van der Waals surface area contributed by atoms with Crippen LogP contribution in [0.4, 0.5) is 11.4 Å². The zero-order valence-electron chi connectivity index (χ0n) is 18.9.